The molecule has 11 nitrogen and oxygen atoms in total. The number of aliphatic hydroxyl groups is 1. The summed E-state index contributed by atoms with van der Waals surface area (Å²) >= 11 is 0. The fraction of sp³-hybridized carbons (Fsp3) is 0.650. The zero-order valence-electron chi connectivity index (χ0n) is 45.1. The minimum atomic E-state index is -4.78. The molecule has 0 fully saturated rings. The molecule has 0 aromatic rings. The number of carbonyl (C=O) groups excluding carboxylic acids is 3. The molecule has 0 spiro atoms. The molecule has 0 saturated carbocycles. The minimum Gasteiger partial charge on any atom is -0.462 e. The molecule has 3 atom stereocenters. The van der Waals surface area contributed by atoms with Crippen LogP contribution in [0.5, 0.6) is 0 Å². The highest BCUT2D eigenvalue weighted by Crippen LogP contribution is 2.43. The maximum atomic E-state index is 12.9. The SMILES string of the molecule is CC/C=C\C/C=C\C/C=C\C/C=C\C/C=C\CC(=O)OC(COC(=O)CCCCCCC/C=C\C/C=C\CCCCC)COP(=O)(O)OCC(CO)OC(=O)CCCCCCC/C=C\C/C=C\CCCCC. The summed E-state index contributed by atoms with van der Waals surface area (Å²) in [6, 6.07) is 0. The number of esters is 3. The van der Waals surface area contributed by atoms with E-state index in [0.29, 0.717) is 19.3 Å². The summed E-state index contributed by atoms with van der Waals surface area (Å²) in [5, 5.41) is 9.80. The Morgan fingerprint density at radius 3 is 1.22 bits per heavy atom. The van der Waals surface area contributed by atoms with Gasteiger partial charge in [0.2, 0.25) is 0 Å². The van der Waals surface area contributed by atoms with E-state index in [1.165, 1.54) is 38.5 Å². The fourth-order valence-electron chi connectivity index (χ4n) is 6.96. The number of allylic oxidation sites excluding steroid dienone is 17. The second-order valence-corrected chi connectivity index (χ2v) is 19.5. The second kappa shape index (κ2) is 53.4. The summed E-state index contributed by atoms with van der Waals surface area (Å²) in [7, 11) is -4.78. The van der Waals surface area contributed by atoms with Crippen molar-refractivity contribution in [2.24, 2.45) is 0 Å². The zero-order chi connectivity index (χ0) is 52.7. The molecule has 0 aromatic carbocycles. The van der Waals surface area contributed by atoms with Crippen LogP contribution in [-0.2, 0) is 42.2 Å². The van der Waals surface area contributed by atoms with Crippen LogP contribution >= 0.6 is 7.82 Å². The highest BCUT2D eigenvalue weighted by molar-refractivity contribution is 7.47. The lowest BCUT2D eigenvalue weighted by molar-refractivity contribution is -0.160. The molecule has 12 heteroatoms. The van der Waals surface area contributed by atoms with E-state index in [4.69, 9.17) is 23.3 Å². The predicted octanol–water partition coefficient (Wildman–Crippen LogP) is 16.2. The summed E-state index contributed by atoms with van der Waals surface area (Å²) in [5.74, 6) is -1.66. The Balaban J connectivity index is 4.88. The monoisotopic (exact) mass is 1030 g/mol. The van der Waals surface area contributed by atoms with Crippen molar-refractivity contribution < 1.29 is 52.2 Å². The van der Waals surface area contributed by atoms with Crippen molar-refractivity contribution >= 4 is 25.7 Å². The molecule has 0 aliphatic rings. The van der Waals surface area contributed by atoms with Crippen LogP contribution in [0.4, 0.5) is 0 Å². The molecule has 0 saturated heterocycles. The molecule has 410 valence electrons. The van der Waals surface area contributed by atoms with Gasteiger partial charge in [-0.1, -0.05) is 194 Å². The van der Waals surface area contributed by atoms with Gasteiger partial charge in [0.25, 0.3) is 0 Å². The van der Waals surface area contributed by atoms with Gasteiger partial charge in [-0.2, -0.15) is 0 Å². The molecule has 72 heavy (non-hydrogen) atoms. The first kappa shape index (κ1) is 68.1. The maximum absolute atomic E-state index is 12.9. The first-order valence-electron chi connectivity index (χ1n) is 27.8. The summed E-state index contributed by atoms with van der Waals surface area (Å²) in [6.07, 6.45) is 63.6. The van der Waals surface area contributed by atoms with Crippen LogP contribution in [0, 0.1) is 0 Å². The molecule has 0 rings (SSSR count). The van der Waals surface area contributed by atoms with E-state index < -0.39 is 57.8 Å². The van der Waals surface area contributed by atoms with Crippen molar-refractivity contribution in [3.8, 4) is 0 Å². The molecule has 0 heterocycles. The van der Waals surface area contributed by atoms with Crippen molar-refractivity contribution in [3.63, 3.8) is 0 Å². The lowest BCUT2D eigenvalue weighted by Gasteiger charge is -2.21. The van der Waals surface area contributed by atoms with Crippen LogP contribution in [0.2, 0.25) is 0 Å². The predicted molar refractivity (Wildman–Crippen MR) is 297 cm³/mol. The van der Waals surface area contributed by atoms with E-state index in [1.807, 2.05) is 18.2 Å². The molecular formula is C60H99O11P. The molecule has 2 N–H and O–H groups in total. The van der Waals surface area contributed by atoms with Gasteiger partial charge < -0.3 is 24.2 Å². The Hall–Kier alpha value is -3.86. The molecule has 0 aromatic heterocycles. The fourth-order valence-corrected chi connectivity index (χ4v) is 7.74. The normalized spacial score (nSPS) is 14.2. The van der Waals surface area contributed by atoms with Crippen LogP contribution in [0.3, 0.4) is 0 Å². The molecular weight excluding hydrogens is 928 g/mol. The van der Waals surface area contributed by atoms with Crippen LogP contribution in [0.25, 0.3) is 0 Å². The Kier molecular flexibility index (Phi) is 50.6. The highest BCUT2D eigenvalue weighted by atomic mass is 31.2. The quantitative estimate of drug-likeness (QED) is 0.0197. The lowest BCUT2D eigenvalue weighted by atomic mass is 10.1. The van der Waals surface area contributed by atoms with Gasteiger partial charge in [0.15, 0.2) is 6.10 Å². The second-order valence-electron chi connectivity index (χ2n) is 18.0. The Bertz CT molecular complexity index is 1620. The zero-order valence-corrected chi connectivity index (χ0v) is 46.0. The minimum absolute atomic E-state index is 0.0735. The summed E-state index contributed by atoms with van der Waals surface area (Å²) < 4.78 is 39.3. The number of phosphoric acid groups is 1. The highest BCUT2D eigenvalue weighted by Gasteiger charge is 2.28. The molecule has 0 aliphatic carbocycles. The van der Waals surface area contributed by atoms with Crippen molar-refractivity contribution in [2.75, 3.05) is 26.4 Å². The number of hydrogen-bond donors (Lipinski definition) is 2. The van der Waals surface area contributed by atoms with Gasteiger partial charge >= 0.3 is 25.7 Å². The molecule has 0 amide bonds. The van der Waals surface area contributed by atoms with Gasteiger partial charge in [-0.05, 0) is 109 Å². The van der Waals surface area contributed by atoms with Crippen molar-refractivity contribution in [2.45, 2.75) is 226 Å². The molecule has 0 radical (unpaired) electrons. The number of ether oxygens (including phenoxy) is 3. The third-order valence-electron chi connectivity index (χ3n) is 11.2. The van der Waals surface area contributed by atoms with Gasteiger partial charge in [0.05, 0.1) is 26.2 Å². The van der Waals surface area contributed by atoms with Gasteiger partial charge in [-0.15, -0.1) is 0 Å². The standard InChI is InChI=1S/C60H99O11P/c1-4-7-10-13-16-19-22-25-28-31-34-37-40-43-46-49-58(62)67-53-57(71-60(64)51-48-45-42-39-36-33-30-27-24-21-18-15-12-9-6-3)55-69-72(65,66)68-54-56(52-61)70-59(63)50-47-44-41-38-35-32-29-26-23-20-17-14-11-8-5-2/h9,12,16-21,25-30,36,39,45,48,56-57,61H,4-8,10-11,13-15,22-24,31-35,37-38,40-44,46-47,49-55H2,1-3H3,(H,65,66)/b12-9-,19-16-,20-17-,21-18-,28-25-,29-26-,30-27-,39-36-,48-45-. The topological polar surface area (TPSA) is 155 Å². The van der Waals surface area contributed by atoms with Gasteiger partial charge in [-0.25, -0.2) is 4.57 Å². The van der Waals surface area contributed by atoms with Crippen molar-refractivity contribution in [3.05, 3.63) is 109 Å². The number of phosphoric ester groups is 1. The third kappa shape index (κ3) is 51.1. The average molecular weight is 1030 g/mol. The Morgan fingerprint density at radius 2 is 0.778 bits per heavy atom. The van der Waals surface area contributed by atoms with Crippen LogP contribution in [0.15, 0.2) is 109 Å². The average Bonchev–Trinajstić information content (AvgIpc) is 3.37. The number of carbonyl (C=O) groups is 3. The van der Waals surface area contributed by atoms with Crippen molar-refractivity contribution in [1.29, 1.82) is 0 Å². The molecule has 3 unspecified atom stereocenters. The van der Waals surface area contributed by atoms with Crippen molar-refractivity contribution in [1.82, 2.24) is 0 Å². The van der Waals surface area contributed by atoms with E-state index in [2.05, 4.69) is 106 Å². The van der Waals surface area contributed by atoms with E-state index in [-0.39, 0.29) is 25.9 Å². The van der Waals surface area contributed by atoms with Crippen LogP contribution < -0.4 is 0 Å². The third-order valence-corrected chi connectivity index (χ3v) is 12.1. The first-order valence-corrected chi connectivity index (χ1v) is 29.3. The summed E-state index contributed by atoms with van der Waals surface area (Å²) in [5.41, 5.74) is 0. The van der Waals surface area contributed by atoms with E-state index >= 15 is 0 Å². The number of hydrogen-bond acceptors (Lipinski definition) is 10. The van der Waals surface area contributed by atoms with E-state index in [1.54, 1.807) is 6.08 Å². The van der Waals surface area contributed by atoms with Gasteiger partial charge in [0, 0.05) is 12.8 Å². The molecule has 0 bridgehead atoms. The van der Waals surface area contributed by atoms with Gasteiger partial charge in [0.1, 0.15) is 12.7 Å². The summed E-state index contributed by atoms with van der Waals surface area (Å²) in [4.78, 5) is 48.4. The molecule has 0 aliphatic heterocycles. The lowest BCUT2D eigenvalue weighted by Crippen LogP contribution is -2.30. The number of aliphatic hydroxyl groups excluding tert-OH is 1. The maximum Gasteiger partial charge on any atom is 0.472 e. The van der Waals surface area contributed by atoms with Crippen LogP contribution in [0.1, 0.15) is 213 Å². The number of unbranched alkanes of at least 4 members (excludes halogenated alkanes) is 16. The first-order chi connectivity index (χ1) is 35.2. The Labute approximate surface area is 437 Å². The smallest absolute Gasteiger partial charge is 0.462 e. The number of rotatable bonds is 50. The Morgan fingerprint density at radius 1 is 0.417 bits per heavy atom. The van der Waals surface area contributed by atoms with E-state index in [0.717, 1.165) is 116 Å². The summed E-state index contributed by atoms with van der Waals surface area (Å²) in [6.45, 7) is 4.32. The van der Waals surface area contributed by atoms with E-state index in [9.17, 15) is 28.9 Å². The van der Waals surface area contributed by atoms with Crippen LogP contribution in [-0.4, -0.2) is 66.5 Å². The van der Waals surface area contributed by atoms with Gasteiger partial charge in [-0.3, -0.25) is 23.4 Å². The largest absolute Gasteiger partial charge is 0.472 e.